The molecule has 3 heterocycles. The molecule has 0 fully saturated rings. The number of methoxy groups -OCH3 is 1. The van der Waals surface area contributed by atoms with Gasteiger partial charge in [-0.3, -0.25) is 0 Å². The minimum absolute atomic E-state index is 0.00609. The van der Waals surface area contributed by atoms with Crippen LogP contribution in [-0.4, -0.2) is 28.2 Å². The number of nitrogens with one attached hydrogen (secondary N) is 1. The summed E-state index contributed by atoms with van der Waals surface area (Å²) in [5, 5.41) is 3.65. The lowest BCUT2D eigenvalue weighted by Gasteiger charge is -2.22. The molecule has 1 unspecified atom stereocenters. The van der Waals surface area contributed by atoms with E-state index in [1.54, 1.807) is 13.3 Å². The number of anilines is 1. The number of fused-ring (bicyclic) bond motifs is 1. The fourth-order valence-corrected chi connectivity index (χ4v) is 4.15. The van der Waals surface area contributed by atoms with E-state index in [2.05, 4.69) is 50.1 Å². The lowest BCUT2D eigenvalue weighted by atomic mass is 10.0. The first-order valence-electron chi connectivity index (χ1n) is 11.0. The van der Waals surface area contributed by atoms with Crippen LogP contribution in [0.5, 0.6) is 11.6 Å². The Balaban J connectivity index is 1.75. The predicted octanol–water partition coefficient (Wildman–Crippen LogP) is 5.30. The second-order valence-electron chi connectivity index (χ2n) is 7.79. The Bertz CT molecular complexity index is 1080. The summed E-state index contributed by atoms with van der Waals surface area (Å²) in [5.41, 5.74) is 6.17. The number of aryl methyl sites for hydroxylation is 3. The van der Waals surface area contributed by atoms with Gasteiger partial charge in [-0.05, 0) is 62.1 Å². The lowest BCUT2D eigenvalue weighted by molar-refractivity contribution is 0.202. The number of ether oxygens (including phenoxy) is 2. The molecule has 0 radical (unpaired) electrons. The fourth-order valence-electron chi connectivity index (χ4n) is 4.15. The van der Waals surface area contributed by atoms with Crippen molar-refractivity contribution in [1.82, 2.24) is 15.0 Å². The van der Waals surface area contributed by atoms with Gasteiger partial charge in [0, 0.05) is 17.3 Å². The van der Waals surface area contributed by atoms with Crippen LogP contribution in [0.25, 0.3) is 11.3 Å². The average molecular weight is 419 g/mol. The zero-order chi connectivity index (χ0) is 22.0. The van der Waals surface area contributed by atoms with E-state index < -0.39 is 0 Å². The smallest absolute Gasteiger partial charge is 0.219 e. The van der Waals surface area contributed by atoms with Gasteiger partial charge in [-0.1, -0.05) is 20.8 Å². The first kappa shape index (κ1) is 21.1. The first-order valence-corrected chi connectivity index (χ1v) is 11.0. The zero-order valence-electron chi connectivity index (χ0n) is 18.9. The minimum atomic E-state index is 0.00609. The summed E-state index contributed by atoms with van der Waals surface area (Å²) >= 11 is 0. The van der Waals surface area contributed by atoms with Gasteiger partial charge in [0.15, 0.2) is 0 Å². The number of nitrogens with zero attached hydrogens (tertiary/aromatic N) is 3. The van der Waals surface area contributed by atoms with E-state index in [9.17, 15) is 0 Å². The van der Waals surface area contributed by atoms with Crippen molar-refractivity contribution < 1.29 is 9.47 Å². The van der Waals surface area contributed by atoms with Crippen molar-refractivity contribution in [1.29, 1.82) is 0 Å². The lowest BCUT2D eigenvalue weighted by Crippen LogP contribution is -2.25. The number of aromatic nitrogens is 3. The Morgan fingerprint density at radius 1 is 1.06 bits per heavy atom. The van der Waals surface area contributed by atoms with Crippen LogP contribution in [0.2, 0.25) is 0 Å². The molecule has 0 bridgehead atoms. The molecule has 1 aliphatic rings. The summed E-state index contributed by atoms with van der Waals surface area (Å²) in [6.07, 6.45) is 4.25. The van der Waals surface area contributed by atoms with Crippen LogP contribution in [-0.2, 0) is 12.8 Å². The van der Waals surface area contributed by atoms with Gasteiger partial charge in [-0.15, -0.1) is 0 Å². The number of hydrogen-bond acceptors (Lipinski definition) is 6. The molecule has 3 aromatic rings. The molecule has 2 atom stereocenters. The van der Waals surface area contributed by atoms with Gasteiger partial charge in [-0.2, -0.15) is 0 Å². The molecule has 0 spiro atoms. The molecular weight excluding hydrogens is 388 g/mol. The Hall–Kier alpha value is -3.15. The Kier molecular flexibility index (Phi) is 6.07. The number of rotatable bonds is 7. The van der Waals surface area contributed by atoms with Crippen LogP contribution in [0.15, 0.2) is 36.5 Å². The van der Waals surface area contributed by atoms with Gasteiger partial charge in [0.25, 0.3) is 0 Å². The van der Waals surface area contributed by atoms with Crippen LogP contribution < -0.4 is 14.8 Å². The van der Waals surface area contributed by atoms with Gasteiger partial charge < -0.3 is 14.8 Å². The number of pyridine rings is 1. The van der Waals surface area contributed by atoms with Gasteiger partial charge in [0.05, 0.1) is 30.2 Å². The summed E-state index contributed by atoms with van der Waals surface area (Å²) in [6.45, 7) is 8.45. The van der Waals surface area contributed by atoms with Gasteiger partial charge >= 0.3 is 0 Å². The van der Waals surface area contributed by atoms with E-state index in [1.807, 2.05) is 18.2 Å². The molecule has 162 valence electrons. The first-order chi connectivity index (χ1) is 15.1. The second kappa shape index (κ2) is 8.92. The highest BCUT2D eigenvalue weighted by Crippen LogP contribution is 2.39. The molecule has 6 nitrogen and oxygen atoms in total. The van der Waals surface area contributed by atoms with E-state index in [4.69, 9.17) is 19.4 Å². The average Bonchev–Trinajstić information content (AvgIpc) is 3.16. The summed E-state index contributed by atoms with van der Waals surface area (Å²) < 4.78 is 11.4. The Labute approximate surface area is 184 Å². The van der Waals surface area contributed by atoms with Crippen molar-refractivity contribution in [2.75, 3.05) is 12.4 Å². The highest BCUT2D eigenvalue weighted by Gasteiger charge is 2.35. The third-order valence-electron chi connectivity index (χ3n) is 5.86. The molecule has 0 aliphatic carbocycles. The SMILES string of the molecule is CCc1nc(-c2ccc(OC)cc2C)c(CC)nc1NC1c2cccnc2O[C@@H]1CC. The van der Waals surface area contributed by atoms with Crippen LogP contribution in [0, 0.1) is 6.92 Å². The monoisotopic (exact) mass is 418 g/mol. The highest BCUT2D eigenvalue weighted by molar-refractivity contribution is 5.68. The maximum absolute atomic E-state index is 6.07. The summed E-state index contributed by atoms with van der Waals surface area (Å²) in [5.74, 6) is 2.39. The van der Waals surface area contributed by atoms with E-state index in [1.165, 1.54) is 0 Å². The quantitative estimate of drug-likeness (QED) is 0.561. The standard InChI is InChI=1S/C25H30N4O2/c1-6-19-22(17-12-11-16(30-5)14-15(17)4)27-20(7-2)24(28-19)29-23-18-10-9-13-26-25(18)31-21(23)8-3/h9-14,21,23H,6-8H2,1-5H3,(H,28,29)/t21-,23?/m1/s1. The molecule has 2 aromatic heterocycles. The van der Waals surface area contributed by atoms with Gasteiger partial charge in [-0.25, -0.2) is 15.0 Å². The molecule has 31 heavy (non-hydrogen) atoms. The third kappa shape index (κ3) is 3.94. The number of hydrogen-bond donors (Lipinski definition) is 1. The predicted molar refractivity (Wildman–Crippen MR) is 123 cm³/mol. The molecule has 0 saturated carbocycles. The van der Waals surface area contributed by atoms with Crippen molar-refractivity contribution in [3.63, 3.8) is 0 Å². The summed E-state index contributed by atoms with van der Waals surface area (Å²) in [7, 11) is 1.69. The van der Waals surface area contributed by atoms with Gasteiger partial charge in [0.2, 0.25) is 5.88 Å². The van der Waals surface area contributed by atoms with Crippen LogP contribution in [0.3, 0.4) is 0 Å². The molecule has 6 heteroatoms. The van der Waals surface area contributed by atoms with E-state index >= 15 is 0 Å². The summed E-state index contributed by atoms with van der Waals surface area (Å²) in [6, 6.07) is 10.1. The molecule has 0 amide bonds. The largest absolute Gasteiger partial charge is 0.497 e. The minimum Gasteiger partial charge on any atom is -0.497 e. The molecule has 0 saturated heterocycles. The normalized spacial score (nSPS) is 17.2. The maximum Gasteiger partial charge on any atom is 0.219 e. The molecule has 1 aliphatic heterocycles. The van der Waals surface area contributed by atoms with Crippen LogP contribution in [0.1, 0.15) is 55.7 Å². The Morgan fingerprint density at radius 3 is 2.55 bits per heavy atom. The summed E-state index contributed by atoms with van der Waals surface area (Å²) in [4.78, 5) is 14.5. The van der Waals surface area contributed by atoms with Crippen molar-refractivity contribution >= 4 is 5.82 Å². The van der Waals surface area contributed by atoms with Crippen LogP contribution >= 0.6 is 0 Å². The van der Waals surface area contributed by atoms with Crippen molar-refractivity contribution in [2.24, 2.45) is 0 Å². The highest BCUT2D eigenvalue weighted by atomic mass is 16.5. The van der Waals surface area contributed by atoms with Crippen LogP contribution in [0.4, 0.5) is 5.82 Å². The van der Waals surface area contributed by atoms with E-state index in [-0.39, 0.29) is 12.1 Å². The third-order valence-corrected chi connectivity index (χ3v) is 5.86. The fraction of sp³-hybridized carbons (Fsp3) is 0.400. The maximum atomic E-state index is 6.07. The van der Waals surface area contributed by atoms with E-state index in [0.717, 1.165) is 64.6 Å². The molecule has 1 aromatic carbocycles. The van der Waals surface area contributed by atoms with E-state index in [0.29, 0.717) is 5.88 Å². The molecule has 4 rings (SSSR count). The van der Waals surface area contributed by atoms with Crippen molar-refractivity contribution in [3.05, 3.63) is 59.0 Å². The molecule has 1 N–H and O–H groups in total. The van der Waals surface area contributed by atoms with Crippen molar-refractivity contribution in [3.8, 4) is 22.9 Å². The van der Waals surface area contributed by atoms with Gasteiger partial charge in [0.1, 0.15) is 17.7 Å². The second-order valence-corrected chi connectivity index (χ2v) is 7.79. The van der Waals surface area contributed by atoms with Crippen molar-refractivity contribution in [2.45, 2.75) is 59.1 Å². The number of benzene rings is 1. The topological polar surface area (TPSA) is 69.2 Å². The Morgan fingerprint density at radius 2 is 1.87 bits per heavy atom. The molecular formula is C25H30N4O2. The zero-order valence-corrected chi connectivity index (χ0v) is 18.9.